The highest BCUT2D eigenvalue weighted by Crippen LogP contribution is 2.22. The highest BCUT2D eigenvalue weighted by Gasteiger charge is 2.36. The Balaban J connectivity index is 1.94. The van der Waals surface area contributed by atoms with Gasteiger partial charge in [-0.1, -0.05) is 29.8 Å². The molecule has 1 saturated heterocycles. The van der Waals surface area contributed by atoms with Crippen LogP contribution in [-0.4, -0.2) is 30.9 Å². The van der Waals surface area contributed by atoms with Crippen LogP contribution in [0.1, 0.15) is 21.5 Å². The number of anilines is 1. The van der Waals surface area contributed by atoms with Gasteiger partial charge in [-0.15, -0.1) is 0 Å². The number of barbiturate groups is 1. The van der Waals surface area contributed by atoms with Crippen LogP contribution < -0.4 is 10.2 Å². The van der Waals surface area contributed by atoms with E-state index in [0.717, 1.165) is 10.5 Å². The summed E-state index contributed by atoms with van der Waals surface area (Å²) in [5, 5.41) is 2.17. The number of urea groups is 1. The van der Waals surface area contributed by atoms with E-state index in [4.69, 9.17) is 0 Å². The lowest BCUT2D eigenvalue weighted by Gasteiger charge is -2.26. The van der Waals surface area contributed by atoms with Crippen molar-refractivity contribution in [3.05, 3.63) is 70.8 Å². The van der Waals surface area contributed by atoms with Crippen LogP contribution in [0.25, 0.3) is 6.08 Å². The van der Waals surface area contributed by atoms with Crippen LogP contribution >= 0.6 is 0 Å². The molecule has 1 aliphatic rings. The number of carbonyl (C=O) groups excluding carboxylic acids is 4. The Morgan fingerprint density at radius 2 is 1.63 bits per heavy atom. The first kappa shape index (κ1) is 18.1. The zero-order chi connectivity index (χ0) is 19.6. The molecule has 1 N–H and O–H groups in total. The Morgan fingerprint density at radius 3 is 2.22 bits per heavy atom. The molecule has 0 radical (unpaired) electrons. The van der Waals surface area contributed by atoms with E-state index in [9.17, 15) is 19.2 Å². The minimum atomic E-state index is -0.799. The number of ether oxygens (including phenoxy) is 1. The highest BCUT2D eigenvalue weighted by molar-refractivity contribution is 6.39. The maximum absolute atomic E-state index is 12.8. The summed E-state index contributed by atoms with van der Waals surface area (Å²) >= 11 is 0. The van der Waals surface area contributed by atoms with Crippen LogP contribution in [0.2, 0.25) is 0 Å². The van der Waals surface area contributed by atoms with Gasteiger partial charge >= 0.3 is 12.0 Å². The highest BCUT2D eigenvalue weighted by atomic mass is 16.5. The van der Waals surface area contributed by atoms with Crippen LogP contribution in [0.15, 0.2) is 54.1 Å². The number of carbonyl (C=O) groups is 4. The zero-order valence-corrected chi connectivity index (χ0v) is 14.7. The van der Waals surface area contributed by atoms with E-state index >= 15 is 0 Å². The van der Waals surface area contributed by atoms with Crippen molar-refractivity contribution in [2.45, 2.75) is 6.92 Å². The number of aryl methyl sites for hydroxylation is 1. The molecule has 0 saturated carbocycles. The summed E-state index contributed by atoms with van der Waals surface area (Å²) in [6.07, 6.45) is 1.37. The number of rotatable bonds is 3. The third-order valence-corrected chi connectivity index (χ3v) is 4.04. The number of imide groups is 2. The first-order valence-corrected chi connectivity index (χ1v) is 8.07. The largest absolute Gasteiger partial charge is 0.465 e. The Labute approximate surface area is 155 Å². The lowest BCUT2D eigenvalue weighted by atomic mass is 10.1. The molecule has 1 aliphatic heterocycles. The number of nitrogens with zero attached hydrogens (tertiary/aromatic N) is 1. The number of hydrogen-bond donors (Lipinski definition) is 1. The fourth-order valence-corrected chi connectivity index (χ4v) is 2.59. The van der Waals surface area contributed by atoms with Gasteiger partial charge in [-0.25, -0.2) is 14.5 Å². The predicted molar refractivity (Wildman–Crippen MR) is 98.0 cm³/mol. The number of amides is 4. The summed E-state index contributed by atoms with van der Waals surface area (Å²) in [4.78, 5) is 49.4. The van der Waals surface area contributed by atoms with Crippen molar-refractivity contribution < 1.29 is 23.9 Å². The van der Waals surface area contributed by atoms with Gasteiger partial charge in [-0.2, -0.15) is 0 Å². The van der Waals surface area contributed by atoms with Crippen LogP contribution in [0.3, 0.4) is 0 Å². The number of methoxy groups -OCH3 is 1. The molecule has 4 amide bonds. The standard InChI is InChI=1S/C20H16N2O5/c1-12-3-9-15(10-4-12)22-18(24)16(17(23)21-20(22)26)11-13-5-7-14(8-6-13)19(25)27-2/h3-11H,1-2H3,(H,21,23,26)/b16-11+. The van der Waals surface area contributed by atoms with Gasteiger partial charge in [0, 0.05) is 0 Å². The third kappa shape index (κ3) is 3.62. The minimum absolute atomic E-state index is 0.180. The van der Waals surface area contributed by atoms with Crippen LogP contribution in [0, 0.1) is 6.92 Å². The Kier molecular flexibility index (Phi) is 4.85. The second-order valence-corrected chi connectivity index (χ2v) is 5.91. The van der Waals surface area contributed by atoms with E-state index in [0.29, 0.717) is 16.8 Å². The normalized spacial score (nSPS) is 15.7. The minimum Gasteiger partial charge on any atom is -0.465 e. The van der Waals surface area contributed by atoms with Gasteiger partial charge in [0.05, 0.1) is 18.4 Å². The molecule has 2 aromatic rings. The van der Waals surface area contributed by atoms with Crippen molar-refractivity contribution in [1.29, 1.82) is 0 Å². The SMILES string of the molecule is COC(=O)c1ccc(/C=C2\C(=O)NC(=O)N(c3ccc(C)cc3)C2=O)cc1. The molecular formula is C20H16N2O5. The Bertz CT molecular complexity index is 959. The van der Waals surface area contributed by atoms with Crippen molar-refractivity contribution in [2.24, 2.45) is 0 Å². The maximum atomic E-state index is 12.8. The quantitative estimate of drug-likeness (QED) is 0.513. The summed E-state index contributed by atoms with van der Waals surface area (Å²) in [7, 11) is 1.28. The van der Waals surface area contributed by atoms with E-state index in [1.807, 2.05) is 6.92 Å². The van der Waals surface area contributed by atoms with Crippen molar-refractivity contribution in [2.75, 3.05) is 12.0 Å². The summed E-state index contributed by atoms with van der Waals surface area (Å²) < 4.78 is 4.63. The lowest BCUT2D eigenvalue weighted by Crippen LogP contribution is -2.54. The number of nitrogens with one attached hydrogen (secondary N) is 1. The average molecular weight is 364 g/mol. The average Bonchev–Trinajstić information content (AvgIpc) is 2.66. The van der Waals surface area contributed by atoms with Gasteiger partial charge in [-0.3, -0.25) is 14.9 Å². The molecule has 0 aromatic heterocycles. The van der Waals surface area contributed by atoms with Gasteiger partial charge in [0.15, 0.2) is 0 Å². The molecule has 3 rings (SSSR count). The monoisotopic (exact) mass is 364 g/mol. The molecule has 0 bridgehead atoms. The molecule has 27 heavy (non-hydrogen) atoms. The van der Waals surface area contributed by atoms with Gasteiger partial charge in [-0.05, 0) is 42.8 Å². The molecule has 0 unspecified atom stereocenters. The molecule has 0 spiro atoms. The van der Waals surface area contributed by atoms with Crippen molar-refractivity contribution in [3.63, 3.8) is 0 Å². The van der Waals surface area contributed by atoms with Crippen LogP contribution in [-0.2, 0) is 14.3 Å². The number of esters is 1. The van der Waals surface area contributed by atoms with Crippen molar-refractivity contribution in [3.8, 4) is 0 Å². The second kappa shape index (κ2) is 7.25. The summed E-state index contributed by atoms with van der Waals surface area (Å²) in [5.74, 6) is -1.98. The molecule has 7 nitrogen and oxygen atoms in total. The molecule has 1 heterocycles. The Hall–Kier alpha value is -3.74. The zero-order valence-electron chi connectivity index (χ0n) is 14.7. The van der Waals surface area contributed by atoms with Gasteiger partial charge in [0.2, 0.25) is 0 Å². The van der Waals surface area contributed by atoms with Crippen LogP contribution in [0.5, 0.6) is 0 Å². The molecule has 0 aliphatic carbocycles. The van der Waals surface area contributed by atoms with E-state index in [2.05, 4.69) is 10.1 Å². The molecule has 2 aromatic carbocycles. The molecule has 7 heteroatoms. The van der Waals surface area contributed by atoms with E-state index in [-0.39, 0.29) is 5.57 Å². The Morgan fingerprint density at radius 1 is 1.00 bits per heavy atom. The summed E-state index contributed by atoms with van der Waals surface area (Å²) in [6, 6.07) is 12.2. The van der Waals surface area contributed by atoms with Gasteiger partial charge in [0.25, 0.3) is 11.8 Å². The van der Waals surface area contributed by atoms with E-state index in [1.54, 1.807) is 36.4 Å². The van der Waals surface area contributed by atoms with Crippen molar-refractivity contribution in [1.82, 2.24) is 5.32 Å². The van der Waals surface area contributed by atoms with E-state index in [1.165, 1.54) is 25.3 Å². The second-order valence-electron chi connectivity index (χ2n) is 5.91. The smallest absolute Gasteiger partial charge is 0.337 e. The number of hydrogen-bond acceptors (Lipinski definition) is 5. The predicted octanol–water partition coefficient (Wildman–Crippen LogP) is 2.45. The molecule has 1 fully saturated rings. The molecule has 0 atom stereocenters. The fourth-order valence-electron chi connectivity index (χ4n) is 2.59. The van der Waals surface area contributed by atoms with Crippen LogP contribution in [0.4, 0.5) is 10.5 Å². The first-order chi connectivity index (χ1) is 12.9. The summed E-state index contributed by atoms with van der Waals surface area (Å²) in [6.45, 7) is 1.88. The fraction of sp³-hybridized carbons (Fsp3) is 0.100. The van der Waals surface area contributed by atoms with Crippen molar-refractivity contribution >= 4 is 35.6 Å². The van der Waals surface area contributed by atoms with E-state index < -0.39 is 23.8 Å². The topological polar surface area (TPSA) is 92.8 Å². The first-order valence-electron chi connectivity index (χ1n) is 8.07. The maximum Gasteiger partial charge on any atom is 0.337 e. The number of benzene rings is 2. The van der Waals surface area contributed by atoms with Gasteiger partial charge < -0.3 is 4.74 Å². The lowest BCUT2D eigenvalue weighted by molar-refractivity contribution is -0.122. The summed E-state index contributed by atoms with van der Waals surface area (Å²) in [5.41, 5.74) is 2.03. The molecule has 136 valence electrons. The van der Waals surface area contributed by atoms with Gasteiger partial charge in [0.1, 0.15) is 5.57 Å². The third-order valence-electron chi connectivity index (χ3n) is 4.04. The molecular weight excluding hydrogens is 348 g/mol.